The smallest absolute Gasteiger partial charge is 0.201 e. The molecular formula is C10H11F2NO2. The molecule has 0 fully saturated rings. The molecule has 82 valence electrons. The van der Waals surface area contributed by atoms with Crippen LogP contribution in [0.25, 0.3) is 0 Å². The molecule has 0 spiro atoms. The Morgan fingerprint density at radius 2 is 2.07 bits per heavy atom. The maximum absolute atomic E-state index is 13.3. The second-order valence-corrected chi connectivity index (χ2v) is 2.80. The molecule has 0 amide bonds. The van der Waals surface area contributed by atoms with Crippen LogP contribution in [0.3, 0.4) is 0 Å². The maximum Gasteiger partial charge on any atom is 0.201 e. The summed E-state index contributed by atoms with van der Waals surface area (Å²) in [4.78, 5) is 11.1. The zero-order chi connectivity index (χ0) is 11.4. The monoisotopic (exact) mass is 215 g/mol. The molecule has 0 aliphatic carbocycles. The standard InChI is InChI=1S/C10H11F2NO2/c1-2-15-8-4-3-6(7(14)5-13)9(11)10(8)12/h3-4H,2,5,13H2,1H3. The molecule has 0 saturated heterocycles. The van der Waals surface area contributed by atoms with Crippen LogP contribution in [0, 0.1) is 11.6 Å². The van der Waals surface area contributed by atoms with Crippen molar-refractivity contribution in [2.45, 2.75) is 6.92 Å². The number of Topliss-reactive ketones (excluding diaryl/α,β-unsaturated/α-hetero) is 1. The molecule has 1 rings (SSSR count). The van der Waals surface area contributed by atoms with Gasteiger partial charge in [-0.1, -0.05) is 0 Å². The van der Waals surface area contributed by atoms with Crippen LogP contribution < -0.4 is 10.5 Å². The topological polar surface area (TPSA) is 52.3 Å². The Balaban J connectivity index is 3.15. The summed E-state index contributed by atoms with van der Waals surface area (Å²) in [6, 6.07) is 2.38. The van der Waals surface area contributed by atoms with E-state index < -0.39 is 17.4 Å². The Labute approximate surface area is 85.8 Å². The van der Waals surface area contributed by atoms with Crippen LogP contribution >= 0.6 is 0 Å². The average Bonchev–Trinajstić information content (AvgIpc) is 2.24. The molecule has 0 aliphatic rings. The zero-order valence-corrected chi connectivity index (χ0v) is 8.22. The van der Waals surface area contributed by atoms with Gasteiger partial charge in [-0.2, -0.15) is 4.39 Å². The van der Waals surface area contributed by atoms with Crippen LogP contribution in [0.5, 0.6) is 5.75 Å². The predicted octanol–water partition coefficient (Wildman–Crippen LogP) is 1.50. The highest BCUT2D eigenvalue weighted by molar-refractivity contribution is 5.97. The Morgan fingerprint density at radius 1 is 1.40 bits per heavy atom. The Kier molecular flexibility index (Phi) is 3.74. The molecule has 0 aliphatic heterocycles. The van der Waals surface area contributed by atoms with Crippen molar-refractivity contribution in [3.05, 3.63) is 29.3 Å². The van der Waals surface area contributed by atoms with Gasteiger partial charge in [0.2, 0.25) is 5.82 Å². The van der Waals surface area contributed by atoms with E-state index in [0.717, 1.165) is 0 Å². The number of ketones is 1. The van der Waals surface area contributed by atoms with Gasteiger partial charge in [0.25, 0.3) is 0 Å². The van der Waals surface area contributed by atoms with Crippen molar-refractivity contribution < 1.29 is 18.3 Å². The number of carbonyl (C=O) groups is 1. The number of ether oxygens (including phenoxy) is 1. The normalized spacial score (nSPS) is 10.1. The number of carbonyl (C=O) groups excluding carboxylic acids is 1. The van der Waals surface area contributed by atoms with Crippen LogP contribution in [-0.4, -0.2) is 18.9 Å². The van der Waals surface area contributed by atoms with Crippen molar-refractivity contribution in [2.75, 3.05) is 13.2 Å². The Hall–Kier alpha value is -1.49. The van der Waals surface area contributed by atoms with Crippen LogP contribution in [0.15, 0.2) is 12.1 Å². The summed E-state index contributed by atoms with van der Waals surface area (Å²) in [6.45, 7) is 1.52. The molecule has 0 atom stereocenters. The number of rotatable bonds is 4. The highest BCUT2D eigenvalue weighted by atomic mass is 19.2. The first-order valence-corrected chi connectivity index (χ1v) is 4.45. The molecule has 2 N–H and O–H groups in total. The lowest BCUT2D eigenvalue weighted by atomic mass is 10.1. The van der Waals surface area contributed by atoms with Gasteiger partial charge in [-0.15, -0.1) is 0 Å². The quantitative estimate of drug-likeness (QED) is 0.774. The minimum atomic E-state index is -1.21. The van der Waals surface area contributed by atoms with E-state index in [1.165, 1.54) is 12.1 Å². The van der Waals surface area contributed by atoms with Gasteiger partial charge in [0, 0.05) is 0 Å². The SMILES string of the molecule is CCOc1ccc(C(=O)CN)c(F)c1F. The minimum Gasteiger partial charge on any atom is -0.491 e. The van der Waals surface area contributed by atoms with Gasteiger partial charge in [-0.3, -0.25) is 4.79 Å². The third-order valence-electron chi connectivity index (χ3n) is 1.83. The summed E-state index contributed by atoms with van der Waals surface area (Å²) < 4.78 is 31.4. The molecule has 0 heterocycles. The van der Waals surface area contributed by atoms with Gasteiger partial charge >= 0.3 is 0 Å². The second-order valence-electron chi connectivity index (χ2n) is 2.80. The number of halogens is 2. The predicted molar refractivity (Wildman–Crippen MR) is 50.9 cm³/mol. The minimum absolute atomic E-state index is 0.205. The van der Waals surface area contributed by atoms with Crippen LogP contribution in [-0.2, 0) is 0 Å². The average molecular weight is 215 g/mol. The van der Waals surface area contributed by atoms with Crippen molar-refractivity contribution in [3.8, 4) is 5.75 Å². The lowest BCUT2D eigenvalue weighted by Crippen LogP contribution is -2.16. The van der Waals surface area contributed by atoms with E-state index in [9.17, 15) is 13.6 Å². The van der Waals surface area contributed by atoms with Gasteiger partial charge in [0.1, 0.15) is 0 Å². The fraction of sp³-hybridized carbons (Fsp3) is 0.300. The number of benzene rings is 1. The Morgan fingerprint density at radius 3 is 2.60 bits per heavy atom. The molecule has 0 unspecified atom stereocenters. The van der Waals surface area contributed by atoms with Crippen molar-refractivity contribution >= 4 is 5.78 Å². The molecular weight excluding hydrogens is 204 g/mol. The summed E-state index contributed by atoms with van der Waals surface area (Å²) in [5.74, 6) is -3.22. The summed E-state index contributed by atoms with van der Waals surface area (Å²) in [5.41, 5.74) is 4.70. The number of hydrogen-bond acceptors (Lipinski definition) is 3. The van der Waals surface area contributed by atoms with E-state index in [4.69, 9.17) is 10.5 Å². The van der Waals surface area contributed by atoms with E-state index in [0.29, 0.717) is 0 Å². The molecule has 0 radical (unpaired) electrons. The number of hydrogen-bond donors (Lipinski definition) is 1. The van der Waals surface area contributed by atoms with Crippen molar-refractivity contribution in [2.24, 2.45) is 5.73 Å². The third kappa shape index (κ3) is 2.30. The first kappa shape index (κ1) is 11.6. The molecule has 3 nitrogen and oxygen atoms in total. The first-order chi connectivity index (χ1) is 7.11. The van der Waals surface area contributed by atoms with Gasteiger partial charge in [-0.25, -0.2) is 4.39 Å². The molecule has 1 aromatic carbocycles. The van der Waals surface area contributed by atoms with Gasteiger partial charge in [0.15, 0.2) is 17.3 Å². The third-order valence-corrected chi connectivity index (χ3v) is 1.83. The largest absolute Gasteiger partial charge is 0.491 e. The highest BCUT2D eigenvalue weighted by Gasteiger charge is 2.18. The summed E-state index contributed by atoms with van der Waals surface area (Å²) in [6.07, 6.45) is 0. The molecule has 0 saturated carbocycles. The van der Waals surface area contributed by atoms with Crippen molar-refractivity contribution in [1.29, 1.82) is 0 Å². The summed E-state index contributed by atoms with van der Waals surface area (Å²) >= 11 is 0. The van der Waals surface area contributed by atoms with E-state index in [1.54, 1.807) is 6.92 Å². The van der Waals surface area contributed by atoms with E-state index in [1.807, 2.05) is 0 Å². The molecule has 1 aromatic rings. The highest BCUT2D eigenvalue weighted by Crippen LogP contribution is 2.22. The summed E-state index contributed by atoms with van der Waals surface area (Å²) in [5, 5.41) is 0. The van der Waals surface area contributed by atoms with E-state index in [-0.39, 0.29) is 24.5 Å². The Bertz CT molecular complexity index is 380. The molecule has 0 bridgehead atoms. The first-order valence-electron chi connectivity index (χ1n) is 4.45. The fourth-order valence-corrected chi connectivity index (χ4v) is 1.12. The summed E-state index contributed by atoms with van der Waals surface area (Å²) in [7, 11) is 0. The van der Waals surface area contributed by atoms with Gasteiger partial charge in [-0.05, 0) is 19.1 Å². The molecule has 0 aromatic heterocycles. The number of nitrogens with two attached hydrogens (primary N) is 1. The van der Waals surface area contributed by atoms with Crippen molar-refractivity contribution in [3.63, 3.8) is 0 Å². The van der Waals surface area contributed by atoms with E-state index >= 15 is 0 Å². The van der Waals surface area contributed by atoms with Crippen LogP contribution in [0.2, 0.25) is 0 Å². The molecule has 15 heavy (non-hydrogen) atoms. The zero-order valence-electron chi connectivity index (χ0n) is 8.22. The van der Waals surface area contributed by atoms with Gasteiger partial charge < -0.3 is 10.5 Å². The van der Waals surface area contributed by atoms with Crippen LogP contribution in [0.4, 0.5) is 8.78 Å². The molecule has 5 heteroatoms. The van der Waals surface area contributed by atoms with Crippen LogP contribution in [0.1, 0.15) is 17.3 Å². The van der Waals surface area contributed by atoms with Gasteiger partial charge in [0.05, 0.1) is 18.7 Å². The lowest BCUT2D eigenvalue weighted by molar-refractivity contribution is 0.0996. The lowest BCUT2D eigenvalue weighted by Gasteiger charge is -2.07. The second kappa shape index (κ2) is 4.84. The fourth-order valence-electron chi connectivity index (χ4n) is 1.12. The van der Waals surface area contributed by atoms with Crippen molar-refractivity contribution in [1.82, 2.24) is 0 Å². The van der Waals surface area contributed by atoms with E-state index in [2.05, 4.69) is 0 Å². The maximum atomic E-state index is 13.3.